The minimum atomic E-state index is -5.38. The number of phosphoric ester groups is 1. The van der Waals surface area contributed by atoms with Gasteiger partial charge in [-0.05, 0) is 6.92 Å². The standard InChI is InChI=1S/C13H19ClFN5O9P2/c1-6-18-10(16-2)8-11(19-6)20(5-17-8)12-7(15)9(21)13(3-14,28-12)4-27-31(25,26)29-30(22,23)24/h5,7,9,12,21H,3-4H2,1-2H3,(H,25,26)(H,16,18,19)(H2,22,23,24)/t7-,9+,12-,13-/m1/s1. The fourth-order valence-corrected chi connectivity index (χ4v) is 4.98. The number of nitrogens with zero attached hydrogens (tertiary/aromatic N) is 4. The molecule has 0 radical (unpaired) electrons. The molecule has 1 fully saturated rings. The predicted molar refractivity (Wildman–Crippen MR) is 103 cm³/mol. The van der Waals surface area contributed by atoms with Crippen LogP contribution in [0.25, 0.3) is 11.2 Å². The first-order valence-electron chi connectivity index (χ1n) is 8.51. The van der Waals surface area contributed by atoms with Crippen molar-refractivity contribution in [1.82, 2.24) is 19.5 Å². The monoisotopic (exact) mass is 505 g/mol. The fourth-order valence-electron chi connectivity index (χ4n) is 3.03. The highest BCUT2D eigenvalue weighted by Crippen LogP contribution is 2.58. The maximum absolute atomic E-state index is 15.0. The van der Waals surface area contributed by atoms with E-state index in [0.29, 0.717) is 17.2 Å². The highest BCUT2D eigenvalue weighted by Gasteiger charge is 2.57. The van der Waals surface area contributed by atoms with Gasteiger partial charge in [0, 0.05) is 7.05 Å². The summed E-state index contributed by atoms with van der Waals surface area (Å²) in [6.45, 7) is 0.580. The Morgan fingerprint density at radius 1 is 1.39 bits per heavy atom. The van der Waals surface area contributed by atoms with Gasteiger partial charge in [0.15, 0.2) is 29.4 Å². The van der Waals surface area contributed by atoms with Crippen molar-refractivity contribution in [1.29, 1.82) is 0 Å². The largest absolute Gasteiger partial charge is 0.481 e. The maximum atomic E-state index is 15.0. The van der Waals surface area contributed by atoms with Gasteiger partial charge in [-0.3, -0.25) is 9.09 Å². The molecule has 1 saturated heterocycles. The zero-order chi connectivity index (χ0) is 23.2. The van der Waals surface area contributed by atoms with Crippen LogP contribution in [0.3, 0.4) is 0 Å². The number of rotatable bonds is 8. The molecule has 0 amide bonds. The van der Waals surface area contributed by atoms with Crippen LogP contribution >= 0.6 is 27.2 Å². The molecule has 2 aromatic rings. The number of fused-ring (bicyclic) bond motifs is 1. The molecule has 1 unspecified atom stereocenters. The maximum Gasteiger partial charge on any atom is 0.481 e. The number of anilines is 1. The summed E-state index contributed by atoms with van der Waals surface area (Å²) in [7, 11) is -9.06. The topological polar surface area (TPSA) is 198 Å². The molecule has 0 spiro atoms. The number of ether oxygens (including phenoxy) is 1. The quantitative estimate of drug-likeness (QED) is 0.247. The molecule has 2 aromatic heterocycles. The molecule has 5 N–H and O–H groups in total. The first-order valence-corrected chi connectivity index (χ1v) is 12.1. The molecule has 1 aliphatic rings. The number of aliphatic hydroxyl groups excluding tert-OH is 1. The van der Waals surface area contributed by atoms with Gasteiger partial charge in [-0.25, -0.2) is 28.5 Å². The second-order valence-corrected chi connectivity index (χ2v) is 9.70. The van der Waals surface area contributed by atoms with E-state index in [4.69, 9.17) is 26.1 Å². The number of aromatic nitrogens is 4. The summed E-state index contributed by atoms with van der Waals surface area (Å²) in [6.07, 6.45) is -4.35. The lowest BCUT2D eigenvalue weighted by Crippen LogP contribution is -2.47. The molecule has 0 saturated carbocycles. The van der Waals surface area contributed by atoms with E-state index in [0.717, 1.165) is 0 Å². The summed E-state index contributed by atoms with van der Waals surface area (Å²) < 4.78 is 52.5. The molecule has 0 aliphatic carbocycles. The van der Waals surface area contributed by atoms with Gasteiger partial charge in [0.05, 0.1) is 18.8 Å². The van der Waals surface area contributed by atoms with Crippen molar-refractivity contribution in [2.45, 2.75) is 31.0 Å². The Morgan fingerprint density at radius 3 is 2.65 bits per heavy atom. The fraction of sp³-hybridized carbons (Fsp3) is 0.615. The molecular formula is C13H19ClFN5O9P2. The second-order valence-electron chi connectivity index (χ2n) is 6.60. The van der Waals surface area contributed by atoms with Crippen molar-refractivity contribution in [2.24, 2.45) is 0 Å². The van der Waals surface area contributed by atoms with Gasteiger partial charge in [0.2, 0.25) is 0 Å². The van der Waals surface area contributed by atoms with Gasteiger partial charge in [0.25, 0.3) is 0 Å². The molecule has 3 rings (SSSR count). The van der Waals surface area contributed by atoms with E-state index in [1.165, 1.54) is 10.9 Å². The Kier molecular flexibility index (Phi) is 6.76. The number of phosphoric acid groups is 2. The Morgan fingerprint density at radius 2 is 2.06 bits per heavy atom. The summed E-state index contributed by atoms with van der Waals surface area (Å²) in [5, 5.41) is 13.3. The van der Waals surface area contributed by atoms with E-state index >= 15 is 4.39 Å². The van der Waals surface area contributed by atoms with Crippen LogP contribution in [0.4, 0.5) is 10.2 Å². The van der Waals surface area contributed by atoms with Gasteiger partial charge in [-0.1, -0.05) is 0 Å². The first-order chi connectivity index (χ1) is 14.3. The van der Waals surface area contributed by atoms with Crippen LogP contribution in [0.5, 0.6) is 0 Å². The van der Waals surface area contributed by atoms with Crippen LogP contribution < -0.4 is 5.32 Å². The lowest BCUT2D eigenvalue weighted by Gasteiger charge is -2.29. The summed E-state index contributed by atoms with van der Waals surface area (Å²) in [4.78, 5) is 39.3. The normalized spacial score (nSPS) is 28.7. The number of hydrogen-bond acceptors (Lipinski definition) is 10. The van der Waals surface area contributed by atoms with Crippen molar-refractivity contribution in [3.05, 3.63) is 12.2 Å². The third kappa shape index (κ3) is 4.91. The predicted octanol–water partition coefficient (Wildman–Crippen LogP) is 0.608. The Balaban J connectivity index is 1.91. The average Bonchev–Trinajstić information content (AvgIpc) is 3.18. The molecule has 174 valence electrons. The van der Waals surface area contributed by atoms with Crippen molar-refractivity contribution in [3.63, 3.8) is 0 Å². The van der Waals surface area contributed by atoms with Crippen LogP contribution in [0.15, 0.2) is 6.33 Å². The summed E-state index contributed by atoms with van der Waals surface area (Å²) >= 11 is 5.85. The Hall–Kier alpha value is -1.25. The van der Waals surface area contributed by atoms with Gasteiger partial charge in [-0.2, -0.15) is 4.31 Å². The van der Waals surface area contributed by atoms with Gasteiger partial charge >= 0.3 is 15.6 Å². The highest BCUT2D eigenvalue weighted by atomic mass is 35.5. The molecule has 0 aromatic carbocycles. The molecule has 0 bridgehead atoms. The number of nitrogens with one attached hydrogen (secondary N) is 1. The van der Waals surface area contributed by atoms with E-state index in [9.17, 15) is 19.1 Å². The van der Waals surface area contributed by atoms with Crippen LogP contribution in [0, 0.1) is 6.92 Å². The number of alkyl halides is 2. The third-order valence-electron chi connectivity index (χ3n) is 4.42. The van der Waals surface area contributed by atoms with Crippen LogP contribution in [0.2, 0.25) is 0 Å². The second kappa shape index (κ2) is 8.60. The summed E-state index contributed by atoms with van der Waals surface area (Å²) in [5.41, 5.74) is -1.58. The highest BCUT2D eigenvalue weighted by molar-refractivity contribution is 7.60. The third-order valence-corrected chi connectivity index (χ3v) is 7.00. The molecule has 3 heterocycles. The van der Waals surface area contributed by atoms with Gasteiger partial charge < -0.3 is 29.8 Å². The van der Waals surface area contributed by atoms with E-state index in [1.54, 1.807) is 14.0 Å². The van der Waals surface area contributed by atoms with Crippen molar-refractivity contribution >= 4 is 44.2 Å². The molecule has 18 heteroatoms. The van der Waals surface area contributed by atoms with Crippen molar-refractivity contribution in [2.75, 3.05) is 24.9 Å². The van der Waals surface area contributed by atoms with Gasteiger partial charge in [0.1, 0.15) is 17.5 Å². The van der Waals surface area contributed by atoms with Crippen LogP contribution in [-0.4, -0.2) is 76.7 Å². The number of aryl methyl sites for hydroxylation is 1. The number of aliphatic hydroxyl groups is 1. The Bertz CT molecular complexity index is 1070. The van der Waals surface area contributed by atoms with Crippen LogP contribution in [-0.2, 0) is 22.7 Å². The SMILES string of the molecule is CNc1nc(C)nc2c1ncn2[C@@H]1O[C@](CCl)(COP(=O)(O)OP(=O)(O)O)[C@@H](O)[C@H]1F. The van der Waals surface area contributed by atoms with Gasteiger partial charge in [-0.15, -0.1) is 11.6 Å². The summed E-state index contributed by atoms with van der Waals surface area (Å²) in [5.74, 6) is 0.108. The summed E-state index contributed by atoms with van der Waals surface area (Å²) in [6, 6.07) is 0. The van der Waals surface area contributed by atoms with E-state index < -0.39 is 52.2 Å². The average molecular weight is 506 g/mol. The van der Waals surface area contributed by atoms with E-state index in [1.807, 2.05) is 0 Å². The molecular weight excluding hydrogens is 487 g/mol. The molecule has 31 heavy (non-hydrogen) atoms. The van der Waals surface area contributed by atoms with Crippen molar-refractivity contribution < 1.29 is 46.9 Å². The first kappa shape index (κ1) is 24.4. The molecule has 5 atom stereocenters. The number of imidazole rings is 1. The van der Waals surface area contributed by atoms with Crippen LogP contribution in [0.1, 0.15) is 12.1 Å². The zero-order valence-electron chi connectivity index (χ0n) is 16.0. The number of hydrogen-bond donors (Lipinski definition) is 5. The van der Waals surface area contributed by atoms with E-state index in [2.05, 4.69) is 29.1 Å². The molecule has 14 nitrogen and oxygen atoms in total. The lowest BCUT2D eigenvalue weighted by molar-refractivity contribution is -0.111. The zero-order valence-corrected chi connectivity index (χ0v) is 18.5. The number of halogens is 2. The van der Waals surface area contributed by atoms with Crippen molar-refractivity contribution in [3.8, 4) is 0 Å². The minimum absolute atomic E-state index is 0.181. The smallest absolute Gasteiger partial charge is 0.387 e. The lowest BCUT2D eigenvalue weighted by atomic mass is 9.99. The molecule has 1 aliphatic heterocycles. The minimum Gasteiger partial charge on any atom is -0.387 e. The van der Waals surface area contributed by atoms with E-state index in [-0.39, 0.29) is 5.65 Å². The Labute approximate surface area is 179 Å².